The minimum atomic E-state index is 0.711. The van der Waals surface area contributed by atoms with E-state index in [9.17, 15) is 0 Å². The molecule has 0 aliphatic heterocycles. The molecule has 0 amide bonds. The van der Waals surface area contributed by atoms with Gasteiger partial charge in [-0.15, -0.1) is 0 Å². The normalized spacial score (nSPS) is 10.7. The van der Waals surface area contributed by atoms with Crippen LogP contribution in [0.3, 0.4) is 0 Å². The predicted molar refractivity (Wildman–Crippen MR) is 92.9 cm³/mol. The smallest absolute Gasteiger partial charge is 0.159 e. The van der Waals surface area contributed by atoms with E-state index in [4.69, 9.17) is 4.98 Å². The van der Waals surface area contributed by atoms with Crippen LogP contribution in [0.5, 0.6) is 0 Å². The number of rotatable bonds is 3. The van der Waals surface area contributed by atoms with E-state index in [0.29, 0.717) is 5.82 Å². The first kappa shape index (κ1) is 14.3. The van der Waals surface area contributed by atoms with Gasteiger partial charge < -0.3 is 4.57 Å². The molecule has 4 rings (SSSR count). The highest BCUT2D eigenvalue weighted by molar-refractivity contribution is 5.64. The molecule has 3 aromatic heterocycles. The largest absolute Gasteiger partial charge is 0.333 e. The topological polar surface area (TPSA) is 56.5 Å². The summed E-state index contributed by atoms with van der Waals surface area (Å²) >= 11 is 0. The molecule has 5 nitrogen and oxygen atoms in total. The average molecular weight is 313 g/mol. The van der Waals surface area contributed by atoms with E-state index >= 15 is 0 Å². The van der Waals surface area contributed by atoms with Crippen LogP contribution in [0.1, 0.15) is 0 Å². The van der Waals surface area contributed by atoms with E-state index in [1.54, 1.807) is 12.4 Å². The average Bonchev–Trinajstić information content (AvgIpc) is 3.05. The molecule has 0 unspecified atom stereocenters. The van der Waals surface area contributed by atoms with Gasteiger partial charge in [0.25, 0.3) is 0 Å². The maximum absolute atomic E-state index is 4.70. The van der Waals surface area contributed by atoms with Gasteiger partial charge in [-0.05, 0) is 12.1 Å². The molecule has 0 spiro atoms. The predicted octanol–water partition coefficient (Wildman–Crippen LogP) is 3.61. The van der Waals surface area contributed by atoms with Crippen LogP contribution in [0.25, 0.3) is 34.0 Å². The fraction of sp³-hybridized carbons (Fsp3) is 0.0526. The lowest BCUT2D eigenvalue weighted by molar-refractivity contribution is 0.923. The Labute approximate surface area is 139 Å². The summed E-state index contributed by atoms with van der Waals surface area (Å²) in [6, 6.07) is 13.8. The Hall–Kier alpha value is -3.34. The number of imidazole rings is 1. The Morgan fingerprint density at radius 2 is 1.54 bits per heavy atom. The van der Waals surface area contributed by atoms with Crippen molar-refractivity contribution in [2.45, 2.75) is 0 Å². The van der Waals surface area contributed by atoms with Gasteiger partial charge in [0.15, 0.2) is 5.82 Å². The van der Waals surface area contributed by atoms with Crippen molar-refractivity contribution >= 4 is 0 Å². The SMILES string of the molecule is Cn1cc(-c2cnc(-c3ccccc3)nc2)nc1-c1cccnc1. The summed E-state index contributed by atoms with van der Waals surface area (Å²) in [5.74, 6) is 1.58. The monoisotopic (exact) mass is 313 g/mol. The van der Waals surface area contributed by atoms with Crippen molar-refractivity contribution in [3.8, 4) is 34.0 Å². The van der Waals surface area contributed by atoms with Crippen LogP contribution in [0.4, 0.5) is 0 Å². The van der Waals surface area contributed by atoms with Crippen molar-refractivity contribution in [2.75, 3.05) is 0 Å². The van der Waals surface area contributed by atoms with Crippen molar-refractivity contribution in [1.82, 2.24) is 24.5 Å². The number of benzene rings is 1. The molecule has 0 radical (unpaired) electrons. The number of nitrogens with zero attached hydrogens (tertiary/aromatic N) is 5. The zero-order valence-electron chi connectivity index (χ0n) is 13.2. The van der Waals surface area contributed by atoms with Crippen molar-refractivity contribution in [3.63, 3.8) is 0 Å². The van der Waals surface area contributed by atoms with E-state index in [2.05, 4.69) is 15.0 Å². The van der Waals surface area contributed by atoms with Crippen molar-refractivity contribution in [2.24, 2.45) is 7.05 Å². The molecule has 0 atom stereocenters. The molecule has 1 aromatic carbocycles. The number of aryl methyl sites for hydroxylation is 1. The number of aromatic nitrogens is 5. The van der Waals surface area contributed by atoms with Gasteiger partial charge in [0.05, 0.1) is 5.69 Å². The van der Waals surface area contributed by atoms with E-state index in [1.165, 1.54) is 0 Å². The first-order chi connectivity index (χ1) is 11.8. The molecular formula is C19H15N5. The van der Waals surface area contributed by atoms with Gasteiger partial charge in [-0.1, -0.05) is 30.3 Å². The fourth-order valence-electron chi connectivity index (χ4n) is 2.57. The van der Waals surface area contributed by atoms with Gasteiger partial charge in [0.1, 0.15) is 5.82 Å². The number of hydrogen-bond acceptors (Lipinski definition) is 4. The lowest BCUT2D eigenvalue weighted by atomic mass is 10.2. The van der Waals surface area contributed by atoms with Gasteiger partial charge in [0.2, 0.25) is 0 Å². The third-order valence-electron chi connectivity index (χ3n) is 3.78. The lowest BCUT2D eigenvalue weighted by Gasteiger charge is -2.00. The molecule has 3 heterocycles. The number of pyridine rings is 1. The van der Waals surface area contributed by atoms with Crippen molar-refractivity contribution < 1.29 is 0 Å². The van der Waals surface area contributed by atoms with Crippen LogP contribution in [-0.2, 0) is 7.05 Å². The summed E-state index contributed by atoms with van der Waals surface area (Å²) in [5, 5.41) is 0. The highest BCUT2D eigenvalue weighted by Crippen LogP contribution is 2.23. The van der Waals surface area contributed by atoms with Crippen LogP contribution in [-0.4, -0.2) is 24.5 Å². The van der Waals surface area contributed by atoms with Gasteiger partial charge in [-0.25, -0.2) is 15.0 Å². The zero-order chi connectivity index (χ0) is 16.4. The highest BCUT2D eigenvalue weighted by Gasteiger charge is 2.10. The molecule has 0 N–H and O–H groups in total. The Balaban J connectivity index is 1.68. The molecule has 0 aliphatic carbocycles. The van der Waals surface area contributed by atoms with E-state index in [1.807, 2.05) is 72.7 Å². The highest BCUT2D eigenvalue weighted by atomic mass is 15.1. The standard InChI is InChI=1S/C19H15N5/c1-24-13-17(23-19(24)15-8-5-9-20-10-15)16-11-21-18(22-12-16)14-6-3-2-4-7-14/h2-13H,1H3. The van der Waals surface area contributed by atoms with E-state index < -0.39 is 0 Å². The molecule has 24 heavy (non-hydrogen) atoms. The minimum Gasteiger partial charge on any atom is -0.333 e. The maximum atomic E-state index is 4.70. The molecule has 0 fully saturated rings. The first-order valence-electron chi connectivity index (χ1n) is 7.63. The molecule has 4 aromatic rings. The summed E-state index contributed by atoms with van der Waals surface area (Å²) in [7, 11) is 1.97. The van der Waals surface area contributed by atoms with E-state index in [-0.39, 0.29) is 0 Å². The van der Waals surface area contributed by atoms with Crippen LogP contribution in [0.15, 0.2) is 73.4 Å². The van der Waals surface area contributed by atoms with Crippen LogP contribution < -0.4 is 0 Å². The van der Waals surface area contributed by atoms with Gasteiger partial charge in [-0.3, -0.25) is 4.98 Å². The molecule has 0 bridgehead atoms. The second kappa shape index (κ2) is 6.04. The minimum absolute atomic E-state index is 0.711. The Morgan fingerprint density at radius 1 is 0.792 bits per heavy atom. The molecule has 0 aliphatic rings. The second-order valence-corrected chi connectivity index (χ2v) is 5.46. The van der Waals surface area contributed by atoms with Gasteiger partial charge >= 0.3 is 0 Å². The molecule has 5 heteroatoms. The Kier molecular flexibility index (Phi) is 3.59. The first-order valence-corrected chi connectivity index (χ1v) is 7.63. The molecule has 0 saturated carbocycles. The van der Waals surface area contributed by atoms with Crippen molar-refractivity contribution in [1.29, 1.82) is 0 Å². The third kappa shape index (κ3) is 2.67. The van der Waals surface area contributed by atoms with Crippen molar-refractivity contribution in [3.05, 3.63) is 73.4 Å². The van der Waals surface area contributed by atoms with Gasteiger partial charge in [0, 0.05) is 54.7 Å². The summed E-state index contributed by atoms with van der Waals surface area (Å²) in [4.78, 5) is 17.8. The third-order valence-corrected chi connectivity index (χ3v) is 3.78. The lowest BCUT2D eigenvalue weighted by Crippen LogP contribution is -1.91. The van der Waals surface area contributed by atoms with Crippen LogP contribution in [0.2, 0.25) is 0 Å². The quantitative estimate of drug-likeness (QED) is 0.580. The molecule has 116 valence electrons. The number of hydrogen-bond donors (Lipinski definition) is 0. The summed E-state index contributed by atoms with van der Waals surface area (Å²) < 4.78 is 1.98. The summed E-state index contributed by atoms with van der Waals surface area (Å²) in [5.41, 5.74) is 3.71. The molecule has 0 saturated heterocycles. The molecular weight excluding hydrogens is 298 g/mol. The Morgan fingerprint density at radius 3 is 2.25 bits per heavy atom. The second-order valence-electron chi connectivity index (χ2n) is 5.46. The van der Waals surface area contributed by atoms with Gasteiger partial charge in [-0.2, -0.15) is 0 Å². The fourth-order valence-corrected chi connectivity index (χ4v) is 2.57. The van der Waals surface area contributed by atoms with Crippen LogP contribution in [0, 0.1) is 0 Å². The summed E-state index contributed by atoms with van der Waals surface area (Å²) in [6.45, 7) is 0. The zero-order valence-corrected chi connectivity index (χ0v) is 13.2. The summed E-state index contributed by atoms with van der Waals surface area (Å²) in [6.07, 6.45) is 9.16. The van der Waals surface area contributed by atoms with E-state index in [0.717, 1.165) is 28.2 Å². The van der Waals surface area contributed by atoms with Crippen LogP contribution >= 0.6 is 0 Å². The Bertz CT molecular complexity index is 944. The maximum Gasteiger partial charge on any atom is 0.159 e.